The molecule has 2 heterocycles. The van der Waals surface area contributed by atoms with Gasteiger partial charge in [-0.1, -0.05) is 31.2 Å². The van der Waals surface area contributed by atoms with E-state index in [1.54, 1.807) is 23.1 Å². The number of amidine groups is 1. The van der Waals surface area contributed by atoms with Crippen molar-refractivity contribution in [1.29, 1.82) is 0 Å². The first kappa shape index (κ1) is 34.1. The quantitative estimate of drug-likeness (QED) is 0.274. The molecule has 0 bridgehead atoms. The number of alkyl carbamates (subject to hydrolysis) is 1. The zero-order valence-corrected chi connectivity index (χ0v) is 27.9. The van der Waals surface area contributed by atoms with Gasteiger partial charge in [0.25, 0.3) is 0 Å². The number of ether oxygens (including phenoxy) is 1. The molecule has 0 aromatic heterocycles. The molecule has 1 saturated carbocycles. The standard InChI is InChI=1S/C34H44N6O6S/c1-3-14-39(15-6-13-36-34(43)46-29-8-5-9-29)33(42)28-16-27-12-11-26(18-31(27)38-32(35)19-28)25-7-4-10-30(17-25)47(44,45)40-21-24(22-40)20-37-23(2)41/h4,7,10-12,16-18,24,29H,3,5-6,8-9,13-15,19-22H2,1-2H3,(H2,35,38)(H,36,43)(H,37,41). The van der Waals surface area contributed by atoms with E-state index in [0.29, 0.717) is 68.3 Å². The number of carbonyl (C=O) groups excluding carboxylic acids is 3. The first-order valence-electron chi connectivity index (χ1n) is 16.3. The van der Waals surface area contributed by atoms with E-state index < -0.39 is 16.1 Å². The molecular weight excluding hydrogens is 620 g/mol. The maximum Gasteiger partial charge on any atom is 0.407 e. The van der Waals surface area contributed by atoms with Crippen LogP contribution in [-0.4, -0.2) is 86.7 Å². The van der Waals surface area contributed by atoms with Gasteiger partial charge in [0.2, 0.25) is 21.8 Å². The minimum Gasteiger partial charge on any atom is -0.446 e. The third kappa shape index (κ3) is 8.58. The Kier molecular flexibility index (Phi) is 11.0. The largest absolute Gasteiger partial charge is 0.446 e. The van der Waals surface area contributed by atoms with Gasteiger partial charge in [-0.15, -0.1) is 0 Å². The lowest BCUT2D eigenvalue weighted by atomic mass is 9.96. The Balaban J connectivity index is 1.26. The summed E-state index contributed by atoms with van der Waals surface area (Å²) in [6.07, 6.45) is 5.92. The number of amides is 3. The van der Waals surface area contributed by atoms with Crippen LogP contribution in [0, 0.1) is 5.92 Å². The van der Waals surface area contributed by atoms with Crippen LogP contribution in [0.15, 0.2) is 57.9 Å². The van der Waals surface area contributed by atoms with Crippen molar-refractivity contribution in [3.05, 3.63) is 53.6 Å². The summed E-state index contributed by atoms with van der Waals surface area (Å²) >= 11 is 0. The number of nitrogens with zero attached hydrogens (tertiary/aromatic N) is 3. The maximum atomic E-state index is 13.7. The molecule has 252 valence electrons. The summed E-state index contributed by atoms with van der Waals surface area (Å²) in [5.41, 5.74) is 9.65. The average Bonchev–Trinajstić information content (AvgIpc) is 3.16. The molecule has 3 aliphatic rings. The summed E-state index contributed by atoms with van der Waals surface area (Å²) in [6, 6.07) is 12.4. The van der Waals surface area contributed by atoms with Crippen LogP contribution in [0.1, 0.15) is 57.9 Å². The van der Waals surface area contributed by atoms with Gasteiger partial charge in [0, 0.05) is 69.7 Å². The van der Waals surface area contributed by atoms with E-state index in [0.717, 1.165) is 36.8 Å². The second-order valence-electron chi connectivity index (χ2n) is 12.4. The van der Waals surface area contributed by atoms with Crippen LogP contribution in [0.3, 0.4) is 0 Å². The first-order chi connectivity index (χ1) is 22.5. The number of sulfonamides is 1. The van der Waals surface area contributed by atoms with Crippen molar-refractivity contribution in [2.45, 2.75) is 63.4 Å². The molecule has 3 amide bonds. The van der Waals surface area contributed by atoms with Crippen LogP contribution in [0.2, 0.25) is 0 Å². The van der Waals surface area contributed by atoms with Gasteiger partial charge in [-0.2, -0.15) is 4.31 Å². The summed E-state index contributed by atoms with van der Waals surface area (Å²) < 4.78 is 33.4. The van der Waals surface area contributed by atoms with Gasteiger partial charge in [0.05, 0.1) is 10.6 Å². The minimum atomic E-state index is -3.69. The van der Waals surface area contributed by atoms with Crippen LogP contribution in [-0.2, 0) is 24.3 Å². The topological polar surface area (TPSA) is 164 Å². The highest BCUT2D eigenvalue weighted by Gasteiger charge is 2.36. The Hall–Kier alpha value is -4.23. The summed E-state index contributed by atoms with van der Waals surface area (Å²) in [5.74, 6) is 0.140. The Morgan fingerprint density at radius 3 is 2.53 bits per heavy atom. The van der Waals surface area contributed by atoms with Crippen LogP contribution in [0.25, 0.3) is 17.2 Å². The lowest BCUT2D eigenvalue weighted by molar-refractivity contribution is -0.127. The smallest absolute Gasteiger partial charge is 0.407 e. The van der Waals surface area contributed by atoms with Gasteiger partial charge in [0.1, 0.15) is 11.9 Å². The number of rotatable bonds is 13. The highest BCUT2D eigenvalue weighted by Crippen LogP contribution is 2.34. The van der Waals surface area contributed by atoms with Crippen LogP contribution >= 0.6 is 0 Å². The van der Waals surface area contributed by atoms with Crippen LogP contribution in [0.4, 0.5) is 10.5 Å². The van der Waals surface area contributed by atoms with Gasteiger partial charge in [-0.3, -0.25) is 9.59 Å². The van der Waals surface area contributed by atoms with E-state index in [2.05, 4.69) is 15.6 Å². The van der Waals surface area contributed by atoms with Crippen molar-refractivity contribution < 1.29 is 27.5 Å². The molecule has 0 radical (unpaired) electrons. The molecule has 2 aromatic rings. The van der Waals surface area contributed by atoms with Gasteiger partial charge in [-0.25, -0.2) is 18.2 Å². The first-order valence-corrected chi connectivity index (χ1v) is 17.7. The van der Waals surface area contributed by atoms with E-state index in [9.17, 15) is 22.8 Å². The monoisotopic (exact) mass is 664 g/mol. The van der Waals surface area contributed by atoms with Crippen LogP contribution in [0.5, 0.6) is 0 Å². The Morgan fingerprint density at radius 1 is 1.06 bits per heavy atom. The SMILES string of the molecule is CCCN(CCCNC(=O)OC1CCC1)C(=O)C1=Cc2ccc(-c3cccc(S(=O)(=O)N4CC(CNC(C)=O)C4)c3)cc2N=C(N)C1. The molecule has 4 N–H and O–H groups in total. The summed E-state index contributed by atoms with van der Waals surface area (Å²) in [4.78, 5) is 43.4. The predicted octanol–water partition coefficient (Wildman–Crippen LogP) is 3.79. The number of fused-ring (bicyclic) bond motifs is 1. The summed E-state index contributed by atoms with van der Waals surface area (Å²) in [7, 11) is -3.69. The lowest BCUT2D eigenvalue weighted by Gasteiger charge is -2.38. The molecule has 13 heteroatoms. The molecule has 1 aliphatic carbocycles. The summed E-state index contributed by atoms with van der Waals surface area (Å²) in [6.45, 7) is 6.07. The van der Waals surface area contributed by atoms with Crippen molar-refractivity contribution >= 4 is 45.5 Å². The molecule has 2 fully saturated rings. The van der Waals surface area contributed by atoms with E-state index in [-0.39, 0.29) is 35.2 Å². The predicted molar refractivity (Wildman–Crippen MR) is 180 cm³/mol. The fourth-order valence-corrected chi connectivity index (χ4v) is 7.40. The lowest BCUT2D eigenvalue weighted by Crippen LogP contribution is -2.53. The van der Waals surface area contributed by atoms with Gasteiger partial charge in [0.15, 0.2) is 0 Å². The molecular formula is C34H44N6O6S. The third-order valence-corrected chi connectivity index (χ3v) is 10.4. The van der Waals surface area contributed by atoms with E-state index in [4.69, 9.17) is 10.5 Å². The second kappa shape index (κ2) is 15.1. The molecule has 47 heavy (non-hydrogen) atoms. The molecule has 1 saturated heterocycles. The number of nitrogens with one attached hydrogen (secondary N) is 2. The molecule has 2 aliphatic heterocycles. The number of hydrogen-bond acceptors (Lipinski definition) is 8. The normalized spacial score (nSPS) is 16.8. The zero-order valence-electron chi connectivity index (χ0n) is 27.0. The van der Waals surface area contributed by atoms with Crippen LogP contribution < -0.4 is 16.4 Å². The second-order valence-corrected chi connectivity index (χ2v) is 14.3. The Bertz CT molecular complexity index is 1660. The molecule has 12 nitrogen and oxygen atoms in total. The molecule has 0 atom stereocenters. The molecule has 2 aromatic carbocycles. The average molecular weight is 665 g/mol. The molecule has 0 spiro atoms. The number of carbonyl (C=O) groups is 3. The number of aliphatic imine (C=N–C) groups is 1. The van der Waals surface area contributed by atoms with Gasteiger partial charge in [-0.05, 0) is 67.5 Å². The molecule has 0 unspecified atom stereocenters. The Morgan fingerprint density at radius 2 is 1.83 bits per heavy atom. The van der Waals surface area contributed by atoms with E-state index >= 15 is 0 Å². The van der Waals surface area contributed by atoms with Crippen molar-refractivity contribution in [2.24, 2.45) is 16.6 Å². The van der Waals surface area contributed by atoms with Crippen molar-refractivity contribution in [1.82, 2.24) is 19.8 Å². The Labute approximate surface area is 276 Å². The third-order valence-electron chi connectivity index (χ3n) is 8.62. The minimum absolute atomic E-state index is 0.0232. The molecule has 5 rings (SSSR count). The van der Waals surface area contributed by atoms with Gasteiger partial charge < -0.3 is 26.0 Å². The van der Waals surface area contributed by atoms with Gasteiger partial charge >= 0.3 is 6.09 Å². The number of benzene rings is 2. The van der Waals surface area contributed by atoms with Crippen molar-refractivity contribution in [2.75, 3.05) is 39.3 Å². The highest BCUT2D eigenvalue weighted by molar-refractivity contribution is 7.89. The van der Waals surface area contributed by atoms with E-state index in [1.807, 2.05) is 37.3 Å². The fraction of sp³-hybridized carbons (Fsp3) is 0.471. The van der Waals surface area contributed by atoms with Crippen molar-refractivity contribution in [3.63, 3.8) is 0 Å². The highest BCUT2D eigenvalue weighted by atomic mass is 32.2. The fourth-order valence-electron chi connectivity index (χ4n) is 5.76. The number of hydrogen-bond donors (Lipinski definition) is 3. The number of nitrogens with two attached hydrogens (primary N) is 1. The summed E-state index contributed by atoms with van der Waals surface area (Å²) in [5, 5.41) is 5.52. The zero-order chi connectivity index (χ0) is 33.6. The maximum absolute atomic E-state index is 13.7. The van der Waals surface area contributed by atoms with E-state index in [1.165, 1.54) is 11.2 Å². The van der Waals surface area contributed by atoms with Crippen molar-refractivity contribution in [3.8, 4) is 11.1 Å².